The third-order valence-electron chi connectivity index (χ3n) is 19.5. The van der Waals surface area contributed by atoms with Crippen LogP contribution in [-0.4, -0.2) is 143 Å². The monoisotopic (exact) mass is 1320 g/mol. The molecule has 1 aromatic rings. The topological polar surface area (TPSA) is 244 Å². The first-order valence-corrected chi connectivity index (χ1v) is 40.4. The number of ketones is 3. The molecule has 3 N–H and O–H groups in total. The molecule has 5 rings (SSSR count). The molecule has 0 unspecified atom stereocenters. The number of benzene rings is 1. The van der Waals surface area contributed by atoms with Crippen molar-refractivity contribution in [2.75, 3.05) is 20.8 Å². The number of Topliss-reactive ketones (excluding diaryl/α,β-unsaturated/α-hetero) is 3. The van der Waals surface area contributed by atoms with Gasteiger partial charge in [-0.05, 0) is 81.6 Å². The van der Waals surface area contributed by atoms with E-state index >= 15 is 0 Å². The number of allylic oxidation sites excluding steroid dienone is 6. The van der Waals surface area contributed by atoms with Gasteiger partial charge in [0.05, 0.1) is 12.2 Å². The predicted octanol–water partition coefficient (Wildman–Crippen LogP) is 12.7. The SMILES string of the molecule is CCC[CH2][Sn]([CH2]CCC)([CH2]CCC)[c]1cc(CO[C@H]2C[C@@H]3CC[C@@H](C)[C@@](O)(O3)C(=O)C(=O)N3CCCC[C@H]3C(=O)O[C@H]([C@H](C)C[C@@H]3CC[C@@H](O)[C@H](OC)C3)CC(=O)[C@H](C)/C=C(\C)[C@@H](O)[C@@H](OC)C(=O)[C@H](C)C[C@H](C)/C=C/C=C/C=C/2C)ccc1N=[N+]=[N-]. The summed E-state index contributed by atoms with van der Waals surface area (Å²) in [5, 5.41) is 39.0. The molecule has 1 amide bonds. The number of fused-ring (bicyclic) bond motifs is 3. The quantitative estimate of drug-likeness (QED) is 0.0222. The van der Waals surface area contributed by atoms with Crippen molar-refractivity contribution in [1.29, 1.82) is 0 Å². The molecule has 17 nitrogen and oxygen atoms in total. The predicted molar refractivity (Wildman–Crippen MR) is 343 cm³/mol. The van der Waals surface area contributed by atoms with Crippen molar-refractivity contribution in [2.24, 2.45) is 40.6 Å². The van der Waals surface area contributed by atoms with Gasteiger partial charge in [0.15, 0.2) is 5.78 Å². The molecule has 0 radical (unpaired) electrons. The molecule has 87 heavy (non-hydrogen) atoms. The summed E-state index contributed by atoms with van der Waals surface area (Å²) in [5.74, 6) is -8.38. The minimum atomic E-state index is -3.17. The molecular weight excluding hydrogens is 1210 g/mol. The molecule has 2 bridgehead atoms. The van der Waals surface area contributed by atoms with E-state index in [0.29, 0.717) is 63.4 Å². The zero-order chi connectivity index (χ0) is 64.0. The van der Waals surface area contributed by atoms with Gasteiger partial charge in [0.2, 0.25) is 0 Å². The van der Waals surface area contributed by atoms with Gasteiger partial charge in [-0.15, -0.1) is 0 Å². The molecule has 1 saturated carbocycles. The van der Waals surface area contributed by atoms with Crippen LogP contribution in [0.3, 0.4) is 0 Å². The molecule has 0 spiro atoms. The van der Waals surface area contributed by atoms with E-state index in [1.807, 2.05) is 70.2 Å². The Kier molecular flexibility index (Phi) is 30.6. The number of ether oxygens (including phenoxy) is 5. The molecule has 2 saturated heterocycles. The van der Waals surface area contributed by atoms with Crippen molar-refractivity contribution < 1.29 is 63.0 Å². The van der Waals surface area contributed by atoms with E-state index in [4.69, 9.17) is 23.7 Å². The Morgan fingerprint density at radius 1 is 0.851 bits per heavy atom. The molecule has 1 aliphatic carbocycles. The van der Waals surface area contributed by atoms with Crippen LogP contribution >= 0.6 is 0 Å². The van der Waals surface area contributed by atoms with Gasteiger partial charge in [0.1, 0.15) is 30.1 Å². The Hall–Kier alpha value is -4.04. The fourth-order valence-electron chi connectivity index (χ4n) is 13.8. The van der Waals surface area contributed by atoms with Crippen molar-refractivity contribution in [2.45, 2.75) is 259 Å². The molecule has 3 fully saturated rings. The van der Waals surface area contributed by atoms with Gasteiger partial charge in [-0.3, -0.25) is 14.4 Å². The fraction of sp³-hybridized carbons (Fsp3) is 0.725. The number of methoxy groups -OCH3 is 2. The number of piperidine rings is 1. The molecule has 3 heterocycles. The Balaban J connectivity index is 1.55. The van der Waals surface area contributed by atoms with Crippen molar-refractivity contribution in [3.63, 3.8) is 0 Å². The maximum atomic E-state index is 14.8. The van der Waals surface area contributed by atoms with Gasteiger partial charge in [-0.1, -0.05) is 33.8 Å². The first kappa shape index (κ1) is 73.7. The van der Waals surface area contributed by atoms with Crippen LogP contribution < -0.4 is 3.58 Å². The van der Waals surface area contributed by atoms with E-state index in [-0.39, 0.29) is 67.8 Å². The van der Waals surface area contributed by atoms with Crippen LogP contribution in [0.1, 0.15) is 190 Å². The third kappa shape index (κ3) is 20.5. The number of unbranched alkanes of at least 4 members (excludes halogenated alkanes) is 3. The van der Waals surface area contributed by atoms with Crippen LogP contribution in [0.2, 0.25) is 13.3 Å². The molecule has 0 aromatic heterocycles. The zero-order valence-electron chi connectivity index (χ0n) is 54.8. The summed E-state index contributed by atoms with van der Waals surface area (Å²) >= 11 is -3.17. The number of aliphatic hydroxyl groups excluding tert-OH is 2. The Labute approximate surface area is 524 Å². The first-order chi connectivity index (χ1) is 41.5. The van der Waals surface area contributed by atoms with Crippen LogP contribution in [0.15, 0.2) is 70.9 Å². The maximum absolute atomic E-state index is 14.8. The zero-order valence-corrected chi connectivity index (χ0v) is 57.6. The summed E-state index contributed by atoms with van der Waals surface area (Å²) in [6, 6.07) is 4.99. The summed E-state index contributed by atoms with van der Waals surface area (Å²) in [4.78, 5) is 77.1. The second kappa shape index (κ2) is 36.1. The van der Waals surface area contributed by atoms with Crippen molar-refractivity contribution >= 4 is 56.9 Å². The fourth-order valence-corrected chi connectivity index (χ4v) is 30.4. The second-order valence-corrected chi connectivity index (χ2v) is 39.4. The van der Waals surface area contributed by atoms with Gasteiger partial charge >= 0.3 is 276 Å². The number of azide groups is 1. The first-order valence-electron chi connectivity index (χ1n) is 33.0. The molecule has 486 valence electrons. The van der Waals surface area contributed by atoms with Crippen LogP contribution in [0.5, 0.6) is 0 Å². The average molecular weight is 1320 g/mol. The molecule has 1 aromatic carbocycles. The minimum absolute atomic E-state index is 0.0328. The summed E-state index contributed by atoms with van der Waals surface area (Å²) < 4.78 is 35.8. The number of carbonyl (C=O) groups is 5. The van der Waals surface area contributed by atoms with Crippen molar-refractivity contribution in [3.8, 4) is 0 Å². The number of cyclic esters (lactones) is 1. The summed E-state index contributed by atoms with van der Waals surface area (Å²) in [6.07, 6.45) is 17.2. The van der Waals surface area contributed by atoms with E-state index in [1.54, 1.807) is 34.0 Å². The van der Waals surface area contributed by atoms with Crippen molar-refractivity contribution in [3.05, 3.63) is 81.8 Å². The van der Waals surface area contributed by atoms with E-state index in [2.05, 4.69) is 36.9 Å². The van der Waals surface area contributed by atoms with Crippen LogP contribution in [0, 0.1) is 35.5 Å². The normalized spacial score (nSPS) is 33.3. The number of amides is 1. The standard InChI is InChI=1S/C57H81N4O13.3C4H9.Sn/c1-34-15-11-10-12-16-35(2)48(72-33-41-19-22-43(23-20-41)59-60-58)31-44-24-18-40(7)57(69,74-44)54(66)55(67)61-26-14-13-17-45(61)56(68)73-49(37(4)29-42-21-25-46(62)50(30-42)70-8)32-47(63)36(3)28-39(6)52(65)53(71-9)51(64)38(5)27-34;3*1-3-4-2;/h10-12,15-16,19-20,22,28,34,36-38,40,42,44-46,48-50,52-53,62,65,69H,13-14,17-18,21,24-27,29-33H2,1-9H3;3*1,3-4H2,2H3;/b12-10+,15-11+,35-16+,39-28+;;;;/t34-,36-,37-,38-,40-,42+,44+,45+,46-,48+,49+,50-,52-,53+,57-;;;;/m1..../s1. The number of nitrogens with zero attached hydrogens (tertiary/aromatic N) is 4. The van der Waals surface area contributed by atoms with Gasteiger partial charge in [-0.25, -0.2) is 4.79 Å². The summed E-state index contributed by atoms with van der Waals surface area (Å²) in [6.45, 7) is 19.7. The number of rotatable bonds is 19. The molecule has 4 aliphatic rings. The summed E-state index contributed by atoms with van der Waals surface area (Å²) in [5.41, 5.74) is 12.7. The number of hydrogen-bond acceptors (Lipinski definition) is 14. The molecular formula is C69H108N4O13Sn. The van der Waals surface area contributed by atoms with Gasteiger partial charge < -0.3 is 29.3 Å². The Bertz CT molecular complexity index is 2580. The Morgan fingerprint density at radius 2 is 1.54 bits per heavy atom. The third-order valence-corrected chi connectivity index (χ3v) is 35.1. The van der Waals surface area contributed by atoms with Crippen LogP contribution in [-0.2, 0) is 54.3 Å². The van der Waals surface area contributed by atoms with Gasteiger partial charge in [-0.2, -0.15) is 0 Å². The molecule has 3 aliphatic heterocycles. The van der Waals surface area contributed by atoms with Crippen molar-refractivity contribution in [1.82, 2.24) is 4.90 Å². The number of carbonyl (C=O) groups excluding carboxylic acids is 5. The van der Waals surface area contributed by atoms with Crippen LogP contribution in [0.4, 0.5) is 5.69 Å². The average Bonchev–Trinajstić information content (AvgIpc) is 1.09. The van der Waals surface area contributed by atoms with E-state index in [0.717, 1.165) is 55.3 Å². The second-order valence-electron chi connectivity index (χ2n) is 26.3. The number of aliphatic hydroxyl groups is 3. The Morgan fingerprint density at radius 3 is 2.18 bits per heavy atom. The molecule has 18 heteroatoms. The van der Waals surface area contributed by atoms with Gasteiger partial charge in [0, 0.05) is 39.0 Å². The van der Waals surface area contributed by atoms with Gasteiger partial charge in [0.25, 0.3) is 0 Å². The van der Waals surface area contributed by atoms with Crippen LogP contribution in [0.25, 0.3) is 10.4 Å². The number of hydrogen-bond donors (Lipinski definition) is 3. The van der Waals surface area contributed by atoms with E-state index in [1.165, 1.54) is 28.9 Å². The van der Waals surface area contributed by atoms with E-state index < -0.39 is 102 Å². The number of esters is 1. The summed E-state index contributed by atoms with van der Waals surface area (Å²) in [7, 11) is 2.95. The van der Waals surface area contributed by atoms with E-state index in [9.17, 15) is 44.8 Å². The molecule has 15 atom stereocenters.